The van der Waals surface area contributed by atoms with Crippen LogP contribution in [0, 0.1) is 0 Å². The van der Waals surface area contributed by atoms with E-state index in [1.165, 1.54) is 10.8 Å². The summed E-state index contributed by atoms with van der Waals surface area (Å²) in [4.78, 5) is 5.06. The fourth-order valence-corrected chi connectivity index (χ4v) is 9.60. The maximum Gasteiger partial charge on any atom is 0.171 e. The van der Waals surface area contributed by atoms with Crippen molar-refractivity contribution < 1.29 is 4.57 Å². The highest BCUT2D eigenvalue weighted by Gasteiger charge is 2.29. The Morgan fingerprint density at radius 2 is 0.957 bits per heavy atom. The monoisotopic (exact) mass is 620 g/mol. The van der Waals surface area contributed by atoms with Crippen LogP contribution in [0.3, 0.4) is 0 Å². The molecular formula is C43H29N2OP. The fraction of sp³-hybridized carbons (Fsp3) is 0. The van der Waals surface area contributed by atoms with Gasteiger partial charge in [0.2, 0.25) is 0 Å². The molecule has 2 aromatic heterocycles. The molecular weight excluding hydrogens is 591 g/mol. The van der Waals surface area contributed by atoms with Crippen LogP contribution >= 0.6 is 7.14 Å². The molecule has 0 unspecified atom stereocenters. The topological polar surface area (TPSA) is 34.4 Å². The van der Waals surface area contributed by atoms with E-state index >= 15 is 0 Å². The van der Waals surface area contributed by atoms with Gasteiger partial charge in [-0.25, -0.2) is 4.98 Å². The van der Waals surface area contributed by atoms with Crippen LogP contribution in [0.2, 0.25) is 0 Å². The lowest BCUT2D eigenvalue weighted by molar-refractivity contribution is 0.592. The Labute approximate surface area is 272 Å². The van der Waals surface area contributed by atoms with Crippen molar-refractivity contribution in [2.75, 3.05) is 0 Å². The van der Waals surface area contributed by atoms with Crippen LogP contribution in [-0.4, -0.2) is 9.38 Å². The molecule has 0 N–H and O–H groups in total. The summed E-state index contributed by atoms with van der Waals surface area (Å²) in [6, 6.07) is 60.2. The van der Waals surface area contributed by atoms with Crippen LogP contribution in [0.5, 0.6) is 0 Å². The molecule has 222 valence electrons. The number of hydrogen-bond acceptors (Lipinski definition) is 2. The molecule has 7 aromatic carbocycles. The minimum atomic E-state index is -3.02. The van der Waals surface area contributed by atoms with E-state index < -0.39 is 7.14 Å². The molecule has 2 heterocycles. The first kappa shape index (κ1) is 27.5. The third-order valence-electron chi connectivity index (χ3n) is 9.26. The summed E-state index contributed by atoms with van der Waals surface area (Å²) in [5.41, 5.74) is 8.73. The predicted molar refractivity (Wildman–Crippen MR) is 198 cm³/mol. The highest BCUT2D eigenvalue weighted by Crippen LogP contribution is 2.43. The van der Waals surface area contributed by atoms with E-state index in [1.807, 2.05) is 78.9 Å². The largest absolute Gasteiger partial charge is 0.309 e. The van der Waals surface area contributed by atoms with Gasteiger partial charge in [-0.1, -0.05) is 140 Å². The quantitative estimate of drug-likeness (QED) is 0.142. The average molecular weight is 621 g/mol. The van der Waals surface area contributed by atoms with Gasteiger partial charge in [-0.3, -0.25) is 4.40 Å². The van der Waals surface area contributed by atoms with Crippen molar-refractivity contribution in [3.05, 3.63) is 176 Å². The third kappa shape index (κ3) is 4.43. The van der Waals surface area contributed by atoms with Crippen molar-refractivity contribution in [1.82, 2.24) is 9.38 Å². The third-order valence-corrected chi connectivity index (χ3v) is 12.3. The molecule has 4 heteroatoms. The maximum atomic E-state index is 14.8. The minimum absolute atomic E-state index is 0.828. The minimum Gasteiger partial charge on any atom is -0.309 e. The number of hydrogen-bond donors (Lipinski definition) is 0. The summed E-state index contributed by atoms with van der Waals surface area (Å²) in [6.45, 7) is 0. The first-order valence-corrected chi connectivity index (χ1v) is 17.5. The van der Waals surface area contributed by atoms with E-state index in [0.29, 0.717) is 0 Å². The molecule has 0 spiro atoms. The summed E-state index contributed by atoms with van der Waals surface area (Å²) in [7, 11) is -3.02. The van der Waals surface area contributed by atoms with Crippen molar-refractivity contribution in [2.45, 2.75) is 0 Å². The Bertz CT molecular complexity index is 2600. The highest BCUT2D eigenvalue weighted by molar-refractivity contribution is 7.85. The number of fused-ring (bicyclic) bond motifs is 8. The standard InChI is InChI=1S/C43H29N2OP/c46-47(34-14-3-1-4-15-34,35-16-5-2-6-17-35)36-25-22-30(23-26-36)31-12-11-13-32(28-31)33-24-27-38-39(29-33)37-18-7-9-20-41(37)45-42-21-10-8-19-40(42)44-43(38)45/h1-29H. The Morgan fingerprint density at radius 3 is 1.68 bits per heavy atom. The van der Waals surface area contributed by atoms with Crippen molar-refractivity contribution in [3.63, 3.8) is 0 Å². The van der Waals surface area contributed by atoms with Gasteiger partial charge in [0.1, 0.15) is 5.65 Å². The van der Waals surface area contributed by atoms with Crippen LogP contribution in [0.15, 0.2) is 176 Å². The first-order chi connectivity index (χ1) is 23.2. The van der Waals surface area contributed by atoms with Crippen molar-refractivity contribution in [3.8, 4) is 22.3 Å². The molecule has 0 atom stereocenters. The number of pyridine rings is 1. The Kier molecular flexibility index (Phi) is 6.41. The molecule has 0 saturated heterocycles. The summed E-state index contributed by atoms with van der Waals surface area (Å²) < 4.78 is 17.1. The van der Waals surface area contributed by atoms with Crippen LogP contribution in [0.4, 0.5) is 0 Å². The van der Waals surface area contributed by atoms with Gasteiger partial charge >= 0.3 is 0 Å². The Morgan fingerprint density at radius 1 is 0.404 bits per heavy atom. The maximum absolute atomic E-state index is 14.8. The smallest absolute Gasteiger partial charge is 0.171 e. The van der Waals surface area contributed by atoms with Crippen molar-refractivity contribution >= 4 is 61.4 Å². The molecule has 0 aliphatic rings. The second-order valence-corrected chi connectivity index (χ2v) is 14.7. The van der Waals surface area contributed by atoms with Gasteiger partial charge in [0.05, 0.1) is 16.6 Å². The lowest BCUT2D eigenvalue weighted by Gasteiger charge is -2.20. The number of nitrogens with zero attached hydrogens (tertiary/aromatic N) is 2. The van der Waals surface area contributed by atoms with E-state index in [0.717, 1.165) is 65.8 Å². The summed E-state index contributed by atoms with van der Waals surface area (Å²) in [6.07, 6.45) is 0. The number of imidazole rings is 1. The van der Waals surface area contributed by atoms with Gasteiger partial charge in [0, 0.05) is 26.7 Å². The first-order valence-electron chi connectivity index (χ1n) is 15.8. The van der Waals surface area contributed by atoms with Crippen LogP contribution in [0.1, 0.15) is 0 Å². The van der Waals surface area contributed by atoms with Crippen LogP contribution in [0.25, 0.3) is 60.6 Å². The lowest BCUT2D eigenvalue weighted by Crippen LogP contribution is -2.24. The van der Waals surface area contributed by atoms with Gasteiger partial charge in [-0.15, -0.1) is 0 Å². The number of rotatable bonds is 5. The number of aromatic nitrogens is 2. The normalized spacial score (nSPS) is 11.9. The van der Waals surface area contributed by atoms with Gasteiger partial charge in [-0.2, -0.15) is 0 Å². The van der Waals surface area contributed by atoms with Gasteiger partial charge < -0.3 is 4.57 Å². The Hall–Kier alpha value is -5.76. The van der Waals surface area contributed by atoms with Gasteiger partial charge in [0.25, 0.3) is 0 Å². The average Bonchev–Trinajstić information content (AvgIpc) is 3.55. The molecule has 0 amide bonds. The molecule has 9 rings (SSSR count). The molecule has 0 fully saturated rings. The second-order valence-electron chi connectivity index (χ2n) is 11.9. The zero-order valence-corrected chi connectivity index (χ0v) is 26.4. The van der Waals surface area contributed by atoms with Gasteiger partial charge in [0.15, 0.2) is 7.14 Å². The summed E-state index contributed by atoms with van der Waals surface area (Å²) in [5, 5.41) is 6.03. The van der Waals surface area contributed by atoms with E-state index in [1.54, 1.807) is 0 Å². The van der Waals surface area contributed by atoms with Crippen molar-refractivity contribution in [1.29, 1.82) is 0 Å². The van der Waals surface area contributed by atoms with Crippen molar-refractivity contribution in [2.24, 2.45) is 0 Å². The van der Waals surface area contributed by atoms with E-state index in [4.69, 9.17) is 4.98 Å². The molecule has 0 bridgehead atoms. The van der Waals surface area contributed by atoms with E-state index in [-0.39, 0.29) is 0 Å². The fourth-order valence-electron chi connectivity index (χ4n) is 6.95. The molecule has 9 aromatic rings. The lowest BCUT2D eigenvalue weighted by atomic mass is 9.96. The molecule has 0 aliphatic carbocycles. The number of para-hydroxylation sites is 3. The van der Waals surface area contributed by atoms with Gasteiger partial charge in [-0.05, 0) is 64.0 Å². The highest BCUT2D eigenvalue weighted by atomic mass is 31.2. The SMILES string of the molecule is O=P(c1ccccc1)(c1ccccc1)c1ccc(-c2cccc(-c3ccc4c(c3)c3ccccc3n3c5ccccc5nc43)c2)cc1. The molecule has 3 nitrogen and oxygen atoms in total. The zero-order valence-electron chi connectivity index (χ0n) is 25.5. The summed E-state index contributed by atoms with van der Waals surface area (Å²) in [5.74, 6) is 0. The van der Waals surface area contributed by atoms with Crippen LogP contribution < -0.4 is 15.9 Å². The second kappa shape index (κ2) is 10.9. The van der Waals surface area contributed by atoms with E-state index in [9.17, 15) is 4.57 Å². The molecule has 0 aliphatic heterocycles. The van der Waals surface area contributed by atoms with E-state index in [2.05, 4.69) is 101 Å². The number of benzene rings is 7. The molecule has 0 radical (unpaired) electrons. The molecule has 47 heavy (non-hydrogen) atoms. The zero-order chi connectivity index (χ0) is 31.4. The van der Waals surface area contributed by atoms with Crippen LogP contribution in [-0.2, 0) is 4.57 Å². The summed E-state index contributed by atoms with van der Waals surface area (Å²) >= 11 is 0. The predicted octanol–water partition coefficient (Wildman–Crippen LogP) is 9.77. The molecule has 0 saturated carbocycles. The Balaban J connectivity index is 1.14.